The summed E-state index contributed by atoms with van der Waals surface area (Å²) in [6, 6.07) is 7.27. The highest BCUT2D eigenvalue weighted by Crippen LogP contribution is 2.32. The molecule has 1 fully saturated rings. The molecule has 30 heavy (non-hydrogen) atoms. The predicted molar refractivity (Wildman–Crippen MR) is 111 cm³/mol. The Kier molecular flexibility index (Phi) is 5.51. The molecule has 156 valence electrons. The summed E-state index contributed by atoms with van der Waals surface area (Å²) in [5, 5.41) is 8.42. The van der Waals surface area contributed by atoms with E-state index in [9.17, 15) is 4.79 Å². The van der Waals surface area contributed by atoms with Crippen molar-refractivity contribution in [3.63, 3.8) is 0 Å². The number of likely N-dealkylation sites (tertiary alicyclic amines) is 1. The summed E-state index contributed by atoms with van der Waals surface area (Å²) in [4.78, 5) is 20.9. The zero-order valence-electron chi connectivity index (χ0n) is 17.0. The van der Waals surface area contributed by atoms with Crippen LogP contribution < -0.4 is 15.2 Å². The van der Waals surface area contributed by atoms with Crippen molar-refractivity contribution in [3.8, 4) is 17.3 Å². The third-order valence-electron chi connectivity index (χ3n) is 5.14. The Bertz CT molecular complexity index is 1040. The first-order chi connectivity index (χ1) is 14.6. The maximum Gasteiger partial charge on any atom is 0.259 e. The van der Waals surface area contributed by atoms with E-state index in [1.807, 2.05) is 19.1 Å². The van der Waals surface area contributed by atoms with Crippen LogP contribution in [0.25, 0.3) is 5.69 Å². The van der Waals surface area contributed by atoms with Crippen molar-refractivity contribution < 1.29 is 14.3 Å². The fraction of sp³-hybridized carbons (Fsp3) is 0.333. The molecule has 0 spiro atoms. The molecule has 1 aliphatic heterocycles. The van der Waals surface area contributed by atoms with Crippen LogP contribution in [0.5, 0.6) is 11.6 Å². The van der Waals surface area contributed by atoms with Crippen molar-refractivity contribution in [1.29, 1.82) is 0 Å². The number of methoxy groups -OCH3 is 1. The number of amides is 1. The van der Waals surface area contributed by atoms with Crippen molar-refractivity contribution in [2.75, 3.05) is 25.9 Å². The number of pyridine rings is 1. The van der Waals surface area contributed by atoms with Crippen LogP contribution in [-0.4, -0.2) is 57.1 Å². The zero-order chi connectivity index (χ0) is 21.1. The van der Waals surface area contributed by atoms with Crippen LogP contribution in [0.3, 0.4) is 0 Å². The largest absolute Gasteiger partial charge is 0.490 e. The Labute approximate surface area is 174 Å². The maximum atomic E-state index is 13.4. The van der Waals surface area contributed by atoms with Gasteiger partial charge in [0.2, 0.25) is 5.75 Å². The first-order valence-electron chi connectivity index (χ1n) is 9.79. The number of benzene rings is 1. The molecule has 0 aliphatic carbocycles. The molecule has 3 aromatic rings. The molecule has 9 nitrogen and oxygen atoms in total. The number of carbonyl (C=O) groups excluding carboxylic acids is 1. The average Bonchev–Trinajstić information content (AvgIpc) is 3.28. The van der Waals surface area contributed by atoms with Gasteiger partial charge in [-0.2, -0.15) is 15.0 Å². The van der Waals surface area contributed by atoms with Crippen LogP contribution in [0.1, 0.15) is 28.8 Å². The summed E-state index contributed by atoms with van der Waals surface area (Å²) < 4.78 is 11.4. The molecule has 2 N–H and O–H groups in total. The molecule has 1 aromatic carbocycles. The molecule has 9 heteroatoms. The predicted octanol–water partition coefficient (Wildman–Crippen LogP) is 2.25. The van der Waals surface area contributed by atoms with E-state index in [4.69, 9.17) is 15.2 Å². The van der Waals surface area contributed by atoms with Gasteiger partial charge in [0.1, 0.15) is 11.8 Å². The molecule has 2 aromatic heterocycles. The van der Waals surface area contributed by atoms with Gasteiger partial charge in [0.25, 0.3) is 11.8 Å². The van der Waals surface area contributed by atoms with Crippen LogP contribution in [0.15, 0.2) is 42.9 Å². The van der Waals surface area contributed by atoms with Crippen molar-refractivity contribution in [2.24, 2.45) is 0 Å². The fourth-order valence-electron chi connectivity index (χ4n) is 3.71. The Morgan fingerprint density at radius 3 is 2.77 bits per heavy atom. The van der Waals surface area contributed by atoms with Gasteiger partial charge >= 0.3 is 0 Å². The number of nitrogens with two attached hydrogens (primary N) is 1. The van der Waals surface area contributed by atoms with E-state index in [1.165, 1.54) is 11.9 Å². The van der Waals surface area contributed by atoms with E-state index in [-0.39, 0.29) is 12.0 Å². The smallest absolute Gasteiger partial charge is 0.259 e. The number of aromatic nitrogens is 4. The van der Waals surface area contributed by atoms with Crippen LogP contribution in [0, 0.1) is 6.92 Å². The van der Waals surface area contributed by atoms with Crippen LogP contribution in [0.4, 0.5) is 5.69 Å². The molecule has 1 saturated heterocycles. The Balaban J connectivity index is 1.56. The number of nitrogens with zero attached hydrogens (tertiary/aromatic N) is 5. The van der Waals surface area contributed by atoms with Crippen LogP contribution in [-0.2, 0) is 0 Å². The van der Waals surface area contributed by atoms with E-state index >= 15 is 0 Å². The number of carbonyl (C=O) groups is 1. The minimum atomic E-state index is -0.206. The summed E-state index contributed by atoms with van der Waals surface area (Å²) in [7, 11) is 1.53. The summed E-state index contributed by atoms with van der Waals surface area (Å²) >= 11 is 0. The molecule has 0 saturated carbocycles. The molecule has 3 heterocycles. The van der Waals surface area contributed by atoms with Gasteiger partial charge in [-0.25, -0.2) is 4.98 Å². The van der Waals surface area contributed by atoms with Crippen molar-refractivity contribution in [2.45, 2.75) is 25.9 Å². The molecule has 0 bridgehead atoms. The molecule has 4 rings (SSSR count). The highest BCUT2D eigenvalue weighted by atomic mass is 16.5. The lowest BCUT2D eigenvalue weighted by Crippen LogP contribution is -2.44. The van der Waals surface area contributed by atoms with Crippen molar-refractivity contribution >= 4 is 11.6 Å². The second-order valence-corrected chi connectivity index (χ2v) is 7.16. The quantitative estimate of drug-likeness (QED) is 0.690. The Hall–Kier alpha value is -3.62. The molecule has 1 atom stereocenters. The van der Waals surface area contributed by atoms with Gasteiger partial charge in [0, 0.05) is 12.7 Å². The summed E-state index contributed by atoms with van der Waals surface area (Å²) in [5.74, 6) is 0.673. The zero-order valence-corrected chi connectivity index (χ0v) is 17.0. The van der Waals surface area contributed by atoms with Gasteiger partial charge in [-0.15, -0.1) is 0 Å². The number of hydrogen-bond donors (Lipinski definition) is 1. The normalized spacial score (nSPS) is 16.3. The monoisotopic (exact) mass is 408 g/mol. The minimum Gasteiger partial charge on any atom is -0.490 e. The first-order valence-corrected chi connectivity index (χ1v) is 9.79. The molecular weight excluding hydrogens is 384 g/mol. The van der Waals surface area contributed by atoms with E-state index in [2.05, 4.69) is 15.2 Å². The van der Waals surface area contributed by atoms with Gasteiger partial charge in [-0.3, -0.25) is 4.79 Å². The van der Waals surface area contributed by atoms with Crippen molar-refractivity contribution in [3.05, 3.63) is 54.0 Å². The minimum absolute atomic E-state index is 0.0770. The van der Waals surface area contributed by atoms with E-state index in [1.54, 1.807) is 35.6 Å². The van der Waals surface area contributed by atoms with Gasteiger partial charge in [0.15, 0.2) is 0 Å². The Morgan fingerprint density at radius 1 is 1.20 bits per heavy atom. The maximum absolute atomic E-state index is 13.4. The number of nitrogen functional groups attached to an aromatic ring is 1. The topological polar surface area (TPSA) is 108 Å². The summed E-state index contributed by atoms with van der Waals surface area (Å²) in [6.45, 7) is 3.04. The summed E-state index contributed by atoms with van der Waals surface area (Å²) in [5.41, 5.74) is 8.58. The Morgan fingerprint density at radius 2 is 2.00 bits per heavy atom. The molecule has 0 radical (unpaired) electrons. The number of piperidine rings is 1. The van der Waals surface area contributed by atoms with Crippen molar-refractivity contribution in [1.82, 2.24) is 24.9 Å². The number of rotatable bonds is 5. The van der Waals surface area contributed by atoms with Crippen LogP contribution >= 0.6 is 0 Å². The second-order valence-electron chi connectivity index (χ2n) is 7.16. The van der Waals surface area contributed by atoms with E-state index in [0.29, 0.717) is 41.7 Å². The van der Waals surface area contributed by atoms with Crippen LogP contribution in [0.2, 0.25) is 0 Å². The van der Waals surface area contributed by atoms with E-state index < -0.39 is 0 Å². The average molecular weight is 408 g/mol. The number of anilines is 1. The third kappa shape index (κ3) is 3.78. The third-order valence-corrected chi connectivity index (χ3v) is 5.14. The molecule has 1 aliphatic rings. The fourth-order valence-corrected chi connectivity index (χ4v) is 3.71. The molecule has 1 amide bonds. The first kappa shape index (κ1) is 19.7. The molecular formula is C21H24N6O3. The number of para-hydroxylation sites is 1. The highest BCUT2D eigenvalue weighted by molar-refractivity contribution is 5.98. The molecule has 1 unspecified atom stereocenters. The lowest BCUT2D eigenvalue weighted by Gasteiger charge is -2.33. The van der Waals surface area contributed by atoms with Gasteiger partial charge < -0.3 is 20.1 Å². The van der Waals surface area contributed by atoms with Gasteiger partial charge in [0.05, 0.1) is 37.3 Å². The lowest BCUT2D eigenvalue weighted by atomic mass is 10.0. The number of hydrogen-bond acceptors (Lipinski definition) is 7. The second kappa shape index (κ2) is 8.40. The summed E-state index contributed by atoms with van der Waals surface area (Å²) in [6.07, 6.45) is 6.19. The van der Waals surface area contributed by atoms with E-state index in [0.717, 1.165) is 18.4 Å². The lowest BCUT2D eigenvalue weighted by molar-refractivity contribution is 0.0521. The standard InChI is InChI=1S/C21H24N6O3/c1-14-5-3-7-16(18(14)27-24-10-11-25-27)21(28)26-12-4-6-15(13-26)30-20-19(29-2)17(22)8-9-23-20/h3,5,7-11,15H,4,6,12-13H2,1-2H3,(H2,22,23). The number of ether oxygens (including phenoxy) is 2. The SMILES string of the molecule is COc1c(N)ccnc1OC1CCCN(C(=O)c2cccc(C)c2-n2nccn2)C1. The number of aryl methyl sites for hydroxylation is 1. The highest BCUT2D eigenvalue weighted by Gasteiger charge is 2.29. The van der Waals surface area contributed by atoms with Gasteiger partial charge in [-0.05, 0) is 37.5 Å². The van der Waals surface area contributed by atoms with Gasteiger partial charge in [-0.1, -0.05) is 12.1 Å².